The monoisotopic (exact) mass is 409 g/mol. The average Bonchev–Trinajstić information content (AvgIpc) is 2.47. The minimum atomic E-state index is -0.143. The molecule has 2 rings (SSSR count). The number of anilines is 1. The van der Waals surface area contributed by atoms with Crippen LogP contribution in [0.25, 0.3) is 0 Å². The first-order valence-corrected chi connectivity index (χ1v) is 8.33. The van der Waals surface area contributed by atoms with Crippen molar-refractivity contribution in [1.29, 1.82) is 0 Å². The van der Waals surface area contributed by atoms with Gasteiger partial charge in [0.25, 0.3) is 5.91 Å². The third-order valence-corrected chi connectivity index (χ3v) is 4.03. The minimum absolute atomic E-state index is 0.00592. The number of aryl methyl sites for hydroxylation is 1. The lowest BCUT2D eigenvalue weighted by molar-refractivity contribution is -0.118. The highest BCUT2D eigenvalue weighted by Crippen LogP contribution is 2.27. The molecule has 0 aromatic heterocycles. The van der Waals surface area contributed by atoms with Crippen molar-refractivity contribution in [2.24, 2.45) is 0 Å². The van der Waals surface area contributed by atoms with E-state index in [1.165, 1.54) is 0 Å². The molecule has 0 bridgehead atoms. The van der Waals surface area contributed by atoms with Crippen LogP contribution in [0.2, 0.25) is 0 Å². The zero-order chi connectivity index (χ0) is 16.1. The van der Waals surface area contributed by atoms with E-state index in [0.717, 1.165) is 20.4 Å². The average molecular weight is 409 g/mol. The molecule has 4 heteroatoms. The van der Waals surface area contributed by atoms with E-state index < -0.39 is 0 Å². The fourth-order valence-corrected chi connectivity index (χ4v) is 2.74. The summed E-state index contributed by atoms with van der Waals surface area (Å²) in [5.74, 6) is 0.915. The van der Waals surface area contributed by atoms with Gasteiger partial charge in [0.2, 0.25) is 0 Å². The largest absolute Gasteiger partial charge is 0.484 e. The number of amides is 1. The molecule has 0 aliphatic rings. The van der Waals surface area contributed by atoms with E-state index in [4.69, 9.17) is 4.74 Å². The van der Waals surface area contributed by atoms with Crippen molar-refractivity contribution in [3.8, 4) is 5.75 Å². The van der Waals surface area contributed by atoms with Crippen LogP contribution in [0.5, 0.6) is 5.75 Å². The fourth-order valence-electron chi connectivity index (χ4n) is 2.22. The predicted molar refractivity (Wildman–Crippen MR) is 98.6 cm³/mol. The lowest BCUT2D eigenvalue weighted by Gasteiger charge is -2.16. The van der Waals surface area contributed by atoms with Crippen LogP contribution in [-0.4, -0.2) is 12.5 Å². The molecule has 0 heterocycles. The van der Waals surface area contributed by atoms with Gasteiger partial charge in [-0.3, -0.25) is 4.79 Å². The van der Waals surface area contributed by atoms with Gasteiger partial charge in [-0.2, -0.15) is 0 Å². The summed E-state index contributed by atoms with van der Waals surface area (Å²) in [6.45, 7) is 6.24. The molecule has 2 aromatic carbocycles. The lowest BCUT2D eigenvalue weighted by Crippen LogP contribution is -2.21. The summed E-state index contributed by atoms with van der Waals surface area (Å²) < 4.78 is 6.62. The summed E-state index contributed by atoms with van der Waals surface area (Å²) in [5, 5.41) is 2.98. The highest BCUT2D eigenvalue weighted by atomic mass is 127. The third-order valence-electron chi connectivity index (χ3n) is 3.36. The number of halogens is 1. The molecule has 1 amide bonds. The molecule has 0 aliphatic heterocycles. The van der Waals surface area contributed by atoms with Crippen molar-refractivity contribution in [3.63, 3.8) is 0 Å². The molecule has 2 aromatic rings. The Kier molecular flexibility index (Phi) is 5.83. The van der Waals surface area contributed by atoms with Crippen LogP contribution in [0.3, 0.4) is 0 Å². The number of para-hydroxylation sites is 1. The Balaban J connectivity index is 2.03. The summed E-state index contributed by atoms with van der Waals surface area (Å²) in [4.78, 5) is 12.2. The van der Waals surface area contributed by atoms with Crippen molar-refractivity contribution >= 4 is 34.2 Å². The van der Waals surface area contributed by atoms with Crippen LogP contribution in [0, 0.1) is 10.5 Å². The molecule has 3 nitrogen and oxygen atoms in total. The quantitative estimate of drug-likeness (QED) is 0.725. The van der Waals surface area contributed by atoms with Crippen LogP contribution < -0.4 is 10.1 Å². The Labute approximate surface area is 145 Å². The molecule has 1 N–H and O–H groups in total. The SMILES string of the molecule is Cc1cccc(C(C)C)c1NC(=O)COc1cccc(I)c1. The molecule has 22 heavy (non-hydrogen) atoms. The van der Waals surface area contributed by atoms with Gasteiger partial charge in [-0.1, -0.05) is 38.1 Å². The van der Waals surface area contributed by atoms with Crippen molar-refractivity contribution in [2.75, 3.05) is 11.9 Å². The molecule has 0 fully saturated rings. The van der Waals surface area contributed by atoms with Crippen LogP contribution in [-0.2, 0) is 4.79 Å². The van der Waals surface area contributed by atoms with Gasteiger partial charge >= 0.3 is 0 Å². The first-order chi connectivity index (χ1) is 10.5. The number of rotatable bonds is 5. The summed E-state index contributed by atoms with van der Waals surface area (Å²) in [7, 11) is 0. The van der Waals surface area contributed by atoms with Crippen molar-refractivity contribution < 1.29 is 9.53 Å². The van der Waals surface area contributed by atoms with Gasteiger partial charge in [0, 0.05) is 9.26 Å². The van der Waals surface area contributed by atoms with E-state index >= 15 is 0 Å². The van der Waals surface area contributed by atoms with E-state index in [9.17, 15) is 4.79 Å². The maximum Gasteiger partial charge on any atom is 0.262 e. The molecule has 0 atom stereocenters. The number of hydrogen-bond acceptors (Lipinski definition) is 2. The van der Waals surface area contributed by atoms with Crippen LogP contribution >= 0.6 is 22.6 Å². The number of hydrogen-bond donors (Lipinski definition) is 1. The van der Waals surface area contributed by atoms with E-state index in [2.05, 4.69) is 41.8 Å². The van der Waals surface area contributed by atoms with Gasteiger partial charge < -0.3 is 10.1 Å². The summed E-state index contributed by atoms with van der Waals surface area (Å²) >= 11 is 2.22. The Morgan fingerprint density at radius 1 is 1.23 bits per heavy atom. The van der Waals surface area contributed by atoms with Gasteiger partial charge in [0.05, 0.1) is 0 Å². The molecule has 0 saturated carbocycles. The van der Waals surface area contributed by atoms with Gasteiger partial charge in [-0.25, -0.2) is 0 Å². The molecule has 0 radical (unpaired) electrons. The van der Waals surface area contributed by atoms with Gasteiger partial charge in [0.15, 0.2) is 6.61 Å². The van der Waals surface area contributed by atoms with Gasteiger partial charge in [0.1, 0.15) is 5.75 Å². The molecule has 0 unspecified atom stereocenters. The van der Waals surface area contributed by atoms with E-state index in [1.54, 1.807) is 0 Å². The highest BCUT2D eigenvalue weighted by molar-refractivity contribution is 14.1. The minimum Gasteiger partial charge on any atom is -0.484 e. The first-order valence-electron chi connectivity index (χ1n) is 7.25. The topological polar surface area (TPSA) is 38.3 Å². The zero-order valence-corrected chi connectivity index (χ0v) is 15.2. The lowest BCUT2D eigenvalue weighted by atomic mass is 9.98. The predicted octanol–water partition coefficient (Wildman–Crippen LogP) is 4.74. The standard InChI is InChI=1S/C18H20INO2/c1-12(2)16-9-4-6-13(3)18(16)20-17(21)11-22-15-8-5-7-14(19)10-15/h4-10,12H,11H2,1-3H3,(H,20,21). The van der Waals surface area contributed by atoms with Crippen LogP contribution in [0.15, 0.2) is 42.5 Å². The summed E-state index contributed by atoms with van der Waals surface area (Å²) in [5.41, 5.74) is 3.10. The summed E-state index contributed by atoms with van der Waals surface area (Å²) in [6.07, 6.45) is 0. The fraction of sp³-hybridized carbons (Fsp3) is 0.278. The smallest absolute Gasteiger partial charge is 0.262 e. The van der Waals surface area contributed by atoms with Crippen LogP contribution in [0.4, 0.5) is 5.69 Å². The number of nitrogens with one attached hydrogen (secondary N) is 1. The summed E-state index contributed by atoms with van der Waals surface area (Å²) in [6, 6.07) is 13.7. The Hall–Kier alpha value is -1.56. The highest BCUT2D eigenvalue weighted by Gasteiger charge is 2.12. The van der Waals surface area contributed by atoms with Crippen molar-refractivity contribution in [3.05, 3.63) is 57.2 Å². The number of carbonyl (C=O) groups is 1. The Morgan fingerprint density at radius 3 is 2.64 bits per heavy atom. The normalized spacial score (nSPS) is 10.6. The molecular formula is C18H20INO2. The Bertz CT molecular complexity index is 668. The van der Waals surface area contributed by atoms with Gasteiger partial charge in [-0.15, -0.1) is 0 Å². The van der Waals surface area contributed by atoms with Gasteiger partial charge in [-0.05, 0) is 64.8 Å². The van der Waals surface area contributed by atoms with E-state index in [-0.39, 0.29) is 12.5 Å². The second-order valence-corrected chi connectivity index (χ2v) is 6.73. The third kappa shape index (κ3) is 4.47. The zero-order valence-electron chi connectivity index (χ0n) is 13.0. The number of benzene rings is 2. The molecule has 0 spiro atoms. The van der Waals surface area contributed by atoms with E-state index in [0.29, 0.717) is 11.7 Å². The molecular weight excluding hydrogens is 389 g/mol. The van der Waals surface area contributed by atoms with Crippen LogP contribution in [0.1, 0.15) is 30.9 Å². The maximum absolute atomic E-state index is 12.2. The molecule has 0 saturated heterocycles. The van der Waals surface area contributed by atoms with Crippen molar-refractivity contribution in [2.45, 2.75) is 26.7 Å². The maximum atomic E-state index is 12.2. The number of ether oxygens (including phenoxy) is 1. The Morgan fingerprint density at radius 2 is 1.95 bits per heavy atom. The second-order valence-electron chi connectivity index (χ2n) is 5.49. The second kappa shape index (κ2) is 7.63. The number of carbonyl (C=O) groups excluding carboxylic acids is 1. The molecule has 116 valence electrons. The van der Waals surface area contributed by atoms with E-state index in [1.807, 2.05) is 49.4 Å². The van der Waals surface area contributed by atoms with Crippen molar-refractivity contribution in [1.82, 2.24) is 0 Å². The first kappa shape index (κ1) is 16.8. The molecule has 0 aliphatic carbocycles.